The molecule has 1 heterocycles. The summed E-state index contributed by atoms with van der Waals surface area (Å²) in [4.78, 5) is 7.25. The van der Waals surface area contributed by atoms with Crippen LogP contribution >= 0.6 is 11.6 Å². The molecule has 94 valence electrons. The van der Waals surface area contributed by atoms with Crippen molar-refractivity contribution < 1.29 is 17.6 Å². The summed E-state index contributed by atoms with van der Waals surface area (Å²) in [6, 6.07) is 3.38. The third-order valence-corrected chi connectivity index (χ3v) is 2.38. The van der Waals surface area contributed by atoms with Gasteiger partial charge in [0.2, 0.25) is 5.28 Å². The van der Waals surface area contributed by atoms with Gasteiger partial charge in [-0.2, -0.15) is 13.2 Å². The monoisotopic (exact) mass is 276 g/mol. The first-order valence-electron chi connectivity index (χ1n) is 4.73. The van der Waals surface area contributed by atoms with Gasteiger partial charge < -0.3 is 0 Å². The quantitative estimate of drug-likeness (QED) is 0.582. The lowest BCUT2D eigenvalue weighted by molar-refractivity contribution is -0.137. The second kappa shape index (κ2) is 4.53. The van der Waals surface area contributed by atoms with Crippen LogP contribution in [0.4, 0.5) is 17.6 Å². The second-order valence-corrected chi connectivity index (χ2v) is 3.74. The van der Waals surface area contributed by atoms with E-state index < -0.39 is 17.6 Å². The van der Waals surface area contributed by atoms with E-state index in [2.05, 4.69) is 9.97 Å². The van der Waals surface area contributed by atoms with Gasteiger partial charge in [-0.25, -0.2) is 14.4 Å². The SMILES string of the molecule is Fc1ccc(C(F)(F)F)cc1-c1ccnc(Cl)n1. The topological polar surface area (TPSA) is 25.8 Å². The molecule has 0 saturated heterocycles. The lowest BCUT2D eigenvalue weighted by atomic mass is 10.1. The van der Waals surface area contributed by atoms with Crippen molar-refractivity contribution in [2.75, 3.05) is 0 Å². The zero-order chi connectivity index (χ0) is 13.3. The predicted molar refractivity (Wildman–Crippen MR) is 57.4 cm³/mol. The molecule has 0 amide bonds. The first-order valence-corrected chi connectivity index (χ1v) is 5.11. The third kappa shape index (κ3) is 2.59. The van der Waals surface area contributed by atoms with Crippen molar-refractivity contribution in [3.8, 4) is 11.3 Å². The summed E-state index contributed by atoms with van der Waals surface area (Å²) in [5.74, 6) is -0.808. The highest BCUT2D eigenvalue weighted by Crippen LogP contribution is 2.33. The number of hydrogen-bond donors (Lipinski definition) is 0. The maximum Gasteiger partial charge on any atom is 0.416 e. The van der Waals surface area contributed by atoms with E-state index >= 15 is 0 Å². The van der Waals surface area contributed by atoms with Crippen molar-refractivity contribution in [2.45, 2.75) is 6.18 Å². The van der Waals surface area contributed by atoms with Gasteiger partial charge in [-0.15, -0.1) is 0 Å². The van der Waals surface area contributed by atoms with Crippen LogP contribution in [0.2, 0.25) is 5.28 Å². The highest BCUT2D eigenvalue weighted by molar-refractivity contribution is 6.28. The average molecular weight is 277 g/mol. The van der Waals surface area contributed by atoms with Gasteiger partial charge in [0.05, 0.1) is 11.3 Å². The summed E-state index contributed by atoms with van der Waals surface area (Å²) in [7, 11) is 0. The van der Waals surface area contributed by atoms with Crippen LogP contribution in [0.15, 0.2) is 30.5 Å². The van der Waals surface area contributed by atoms with Gasteiger partial charge in [0.25, 0.3) is 0 Å². The van der Waals surface area contributed by atoms with Crippen LogP contribution in [-0.2, 0) is 6.18 Å². The molecule has 0 N–H and O–H groups in total. The highest BCUT2D eigenvalue weighted by atomic mass is 35.5. The Labute approximate surface area is 104 Å². The van der Waals surface area contributed by atoms with Crippen LogP contribution in [0.1, 0.15) is 5.56 Å². The molecule has 0 atom stereocenters. The van der Waals surface area contributed by atoms with Gasteiger partial charge in [-0.3, -0.25) is 0 Å². The molecule has 1 aromatic heterocycles. The number of aromatic nitrogens is 2. The summed E-state index contributed by atoms with van der Waals surface area (Å²) in [5.41, 5.74) is -1.22. The van der Waals surface area contributed by atoms with Crippen molar-refractivity contribution in [3.63, 3.8) is 0 Å². The van der Waals surface area contributed by atoms with Gasteiger partial charge in [-0.1, -0.05) is 0 Å². The number of nitrogens with zero attached hydrogens (tertiary/aromatic N) is 2. The Hall–Kier alpha value is -1.69. The van der Waals surface area contributed by atoms with Gasteiger partial charge in [0.15, 0.2) is 0 Å². The molecule has 2 rings (SSSR count). The Morgan fingerprint density at radius 3 is 2.44 bits per heavy atom. The molecule has 0 bridgehead atoms. The van der Waals surface area contributed by atoms with Crippen molar-refractivity contribution in [1.82, 2.24) is 9.97 Å². The number of benzene rings is 1. The fourth-order valence-electron chi connectivity index (χ4n) is 1.38. The number of rotatable bonds is 1. The number of hydrogen-bond acceptors (Lipinski definition) is 2. The van der Waals surface area contributed by atoms with E-state index in [1.165, 1.54) is 12.3 Å². The maximum atomic E-state index is 13.5. The van der Waals surface area contributed by atoms with Crippen LogP contribution in [0, 0.1) is 5.82 Å². The van der Waals surface area contributed by atoms with Crippen LogP contribution in [0.25, 0.3) is 11.3 Å². The van der Waals surface area contributed by atoms with Crippen LogP contribution in [0.5, 0.6) is 0 Å². The van der Waals surface area contributed by atoms with E-state index in [1.807, 2.05) is 0 Å². The summed E-state index contributed by atoms with van der Waals surface area (Å²) in [6.45, 7) is 0. The molecule has 2 aromatic rings. The molecular formula is C11H5ClF4N2. The Kier molecular flexibility index (Phi) is 3.21. The fraction of sp³-hybridized carbons (Fsp3) is 0.0909. The largest absolute Gasteiger partial charge is 0.416 e. The van der Waals surface area contributed by atoms with E-state index in [4.69, 9.17) is 11.6 Å². The van der Waals surface area contributed by atoms with Gasteiger partial charge in [0, 0.05) is 11.8 Å². The summed E-state index contributed by atoms with van der Waals surface area (Å²) in [6.07, 6.45) is -3.30. The molecule has 0 aliphatic heterocycles. The maximum absolute atomic E-state index is 13.5. The standard InChI is InChI=1S/C11H5ClF4N2/c12-10-17-4-3-9(18-10)7-5-6(11(14,15)16)1-2-8(7)13/h1-5H. The smallest absolute Gasteiger partial charge is 0.226 e. The first-order chi connectivity index (χ1) is 8.38. The van der Waals surface area contributed by atoms with Crippen LogP contribution in [-0.4, -0.2) is 9.97 Å². The zero-order valence-corrected chi connectivity index (χ0v) is 9.43. The van der Waals surface area contributed by atoms with E-state index in [9.17, 15) is 17.6 Å². The summed E-state index contributed by atoms with van der Waals surface area (Å²) in [5, 5.41) is -0.163. The molecule has 18 heavy (non-hydrogen) atoms. The molecule has 0 saturated carbocycles. The normalized spacial score (nSPS) is 11.6. The van der Waals surface area contributed by atoms with Gasteiger partial charge in [-0.05, 0) is 35.9 Å². The average Bonchev–Trinajstić information content (AvgIpc) is 2.28. The minimum atomic E-state index is -4.54. The van der Waals surface area contributed by atoms with Crippen LogP contribution < -0.4 is 0 Å². The Morgan fingerprint density at radius 2 is 1.83 bits per heavy atom. The van der Waals surface area contributed by atoms with Gasteiger partial charge in [0.1, 0.15) is 5.82 Å². The molecule has 0 radical (unpaired) electrons. The van der Waals surface area contributed by atoms with Crippen LogP contribution in [0.3, 0.4) is 0 Å². The van der Waals surface area contributed by atoms with Crippen molar-refractivity contribution in [3.05, 3.63) is 47.1 Å². The minimum absolute atomic E-state index is 0.00130. The fourth-order valence-corrected chi connectivity index (χ4v) is 1.53. The van der Waals surface area contributed by atoms with Crippen molar-refractivity contribution in [1.29, 1.82) is 0 Å². The first kappa shape index (κ1) is 12.8. The van der Waals surface area contributed by atoms with Gasteiger partial charge >= 0.3 is 6.18 Å². The summed E-state index contributed by atoms with van der Waals surface area (Å²) < 4.78 is 51.0. The van der Waals surface area contributed by atoms with Crippen molar-refractivity contribution in [2.24, 2.45) is 0 Å². The number of halogens is 5. The Bertz CT molecular complexity index is 583. The zero-order valence-electron chi connectivity index (χ0n) is 8.67. The molecule has 0 fully saturated rings. The van der Waals surface area contributed by atoms with E-state index in [0.717, 1.165) is 6.07 Å². The Morgan fingerprint density at radius 1 is 1.11 bits per heavy atom. The Balaban J connectivity index is 2.57. The van der Waals surface area contributed by atoms with E-state index in [1.54, 1.807) is 0 Å². The molecule has 0 aliphatic rings. The second-order valence-electron chi connectivity index (χ2n) is 3.40. The minimum Gasteiger partial charge on any atom is -0.226 e. The summed E-state index contributed by atoms with van der Waals surface area (Å²) >= 11 is 5.51. The highest BCUT2D eigenvalue weighted by Gasteiger charge is 2.31. The predicted octanol–water partition coefficient (Wildman–Crippen LogP) is 3.95. The van der Waals surface area contributed by atoms with E-state index in [-0.39, 0.29) is 16.5 Å². The lowest BCUT2D eigenvalue weighted by Crippen LogP contribution is -2.05. The molecular weight excluding hydrogens is 272 g/mol. The molecule has 7 heteroatoms. The molecule has 2 nitrogen and oxygen atoms in total. The van der Waals surface area contributed by atoms with E-state index in [0.29, 0.717) is 12.1 Å². The molecule has 0 spiro atoms. The molecule has 1 aromatic carbocycles. The number of alkyl halides is 3. The molecule has 0 unspecified atom stereocenters. The molecule has 0 aliphatic carbocycles. The van der Waals surface area contributed by atoms with Crippen molar-refractivity contribution >= 4 is 11.6 Å². The third-order valence-electron chi connectivity index (χ3n) is 2.20. The lowest BCUT2D eigenvalue weighted by Gasteiger charge is -2.09.